The van der Waals surface area contributed by atoms with Crippen LogP contribution in [0.3, 0.4) is 0 Å². The molecule has 0 radical (unpaired) electrons. The molecular formula is C11H13ClN2O5. The number of furan rings is 1. The van der Waals surface area contributed by atoms with Gasteiger partial charge in [-0.2, -0.15) is 0 Å². The lowest BCUT2D eigenvalue weighted by molar-refractivity contribution is -0.402. The summed E-state index contributed by atoms with van der Waals surface area (Å²) in [4.78, 5) is 23.6. The third-order valence-electron chi connectivity index (χ3n) is 2.92. The van der Waals surface area contributed by atoms with Crippen molar-refractivity contribution in [1.29, 1.82) is 0 Å². The zero-order valence-corrected chi connectivity index (χ0v) is 11.0. The molecule has 7 nitrogen and oxygen atoms in total. The van der Waals surface area contributed by atoms with Gasteiger partial charge in [-0.05, 0) is 13.0 Å². The van der Waals surface area contributed by atoms with Crippen molar-refractivity contribution in [3.05, 3.63) is 28.0 Å². The first-order valence-corrected chi connectivity index (χ1v) is 6.29. The van der Waals surface area contributed by atoms with E-state index in [0.717, 1.165) is 6.07 Å². The minimum atomic E-state index is -0.679. The number of rotatable bonds is 3. The summed E-state index contributed by atoms with van der Waals surface area (Å²) in [5.41, 5.74) is 0. The molecule has 0 aromatic carbocycles. The third-order valence-corrected chi connectivity index (χ3v) is 3.27. The van der Waals surface area contributed by atoms with Crippen LogP contribution in [0.25, 0.3) is 0 Å². The van der Waals surface area contributed by atoms with Crippen LogP contribution in [0.15, 0.2) is 16.5 Å². The summed E-state index contributed by atoms with van der Waals surface area (Å²) < 4.78 is 10.3. The van der Waals surface area contributed by atoms with Gasteiger partial charge in [0.25, 0.3) is 5.91 Å². The van der Waals surface area contributed by atoms with Crippen molar-refractivity contribution in [1.82, 2.24) is 4.90 Å². The molecule has 2 rings (SSSR count). The van der Waals surface area contributed by atoms with Crippen LogP contribution in [0.1, 0.15) is 17.5 Å². The summed E-state index contributed by atoms with van der Waals surface area (Å²) in [7, 11) is 0. The second-order valence-corrected chi connectivity index (χ2v) is 4.62. The number of amides is 1. The molecule has 1 aliphatic rings. The fourth-order valence-corrected chi connectivity index (χ4v) is 2.06. The number of morpholine rings is 1. The van der Waals surface area contributed by atoms with Gasteiger partial charge in [0.1, 0.15) is 4.92 Å². The number of nitrogens with zero attached hydrogens (tertiary/aromatic N) is 2. The molecular weight excluding hydrogens is 276 g/mol. The van der Waals surface area contributed by atoms with E-state index in [-0.39, 0.29) is 29.7 Å². The monoisotopic (exact) mass is 288 g/mol. The number of halogens is 1. The molecule has 0 spiro atoms. The van der Waals surface area contributed by atoms with Crippen LogP contribution in [0.2, 0.25) is 0 Å². The van der Waals surface area contributed by atoms with Crippen LogP contribution < -0.4 is 0 Å². The van der Waals surface area contributed by atoms with E-state index in [1.54, 1.807) is 4.90 Å². The van der Waals surface area contributed by atoms with Gasteiger partial charge >= 0.3 is 5.88 Å². The average Bonchev–Trinajstić information content (AvgIpc) is 2.88. The first kappa shape index (κ1) is 13.8. The number of hydrogen-bond donors (Lipinski definition) is 0. The molecule has 104 valence electrons. The minimum Gasteiger partial charge on any atom is -0.395 e. The Morgan fingerprint density at radius 3 is 2.95 bits per heavy atom. The maximum atomic E-state index is 12.2. The van der Waals surface area contributed by atoms with E-state index in [9.17, 15) is 14.9 Å². The molecule has 2 atom stereocenters. The molecule has 1 fully saturated rings. The van der Waals surface area contributed by atoms with E-state index in [1.807, 2.05) is 6.92 Å². The number of alkyl halides is 1. The van der Waals surface area contributed by atoms with Crippen molar-refractivity contribution in [2.24, 2.45) is 0 Å². The van der Waals surface area contributed by atoms with Crippen molar-refractivity contribution < 1.29 is 18.9 Å². The normalized spacial score (nSPS) is 23.4. The zero-order chi connectivity index (χ0) is 14.0. The molecule has 2 unspecified atom stereocenters. The fraction of sp³-hybridized carbons (Fsp3) is 0.545. The predicted molar refractivity (Wildman–Crippen MR) is 66.3 cm³/mol. The highest BCUT2D eigenvalue weighted by molar-refractivity contribution is 6.18. The van der Waals surface area contributed by atoms with Gasteiger partial charge < -0.3 is 14.1 Å². The van der Waals surface area contributed by atoms with Crippen molar-refractivity contribution in [2.75, 3.05) is 19.0 Å². The van der Waals surface area contributed by atoms with Crippen molar-refractivity contribution in [3.63, 3.8) is 0 Å². The first-order valence-electron chi connectivity index (χ1n) is 5.75. The van der Waals surface area contributed by atoms with Gasteiger partial charge in [-0.25, -0.2) is 0 Å². The van der Waals surface area contributed by atoms with Crippen molar-refractivity contribution in [2.45, 2.75) is 19.1 Å². The number of carbonyl (C=O) groups excluding carboxylic acids is 1. The lowest BCUT2D eigenvalue weighted by Crippen LogP contribution is -2.51. The second kappa shape index (κ2) is 5.58. The zero-order valence-electron chi connectivity index (χ0n) is 10.2. The molecule has 0 aliphatic carbocycles. The van der Waals surface area contributed by atoms with Gasteiger partial charge in [-0.3, -0.25) is 14.9 Å². The quantitative estimate of drug-likeness (QED) is 0.479. The van der Waals surface area contributed by atoms with E-state index in [2.05, 4.69) is 0 Å². The lowest BCUT2D eigenvalue weighted by Gasteiger charge is -2.36. The van der Waals surface area contributed by atoms with Gasteiger partial charge in [0.05, 0.1) is 30.7 Å². The first-order chi connectivity index (χ1) is 9.02. The van der Waals surface area contributed by atoms with E-state index in [4.69, 9.17) is 20.8 Å². The Kier molecular flexibility index (Phi) is 4.06. The van der Waals surface area contributed by atoms with Crippen molar-refractivity contribution in [3.8, 4) is 0 Å². The number of carbonyl (C=O) groups is 1. The SMILES string of the molecule is CC1COC(CCl)CN1C(=O)c1ccc([N+](=O)[O-])o1. The van der Waals surface area contributed by atoms with E-state index in [1.165, 1.54) is 6.07 Å². The van der Waals surface area contributed by atoms with E-state index < -0.39 is 10.8 Å². The standard InChI is InChI=1S/C11H13ClN2O5/c1-7-6-18-8(4-12)5-13(7)11(15)9-2-3-10(19-9)14(16)17/h2-3,7-8H,4-6H2,1H3. The number of hydrogen-bond acceptors (Lipinski definition) is 5. The van der Waals surface area contributed by atoms with Crippen LogP contribution in [0.4, 0.5) is 5.88 Å². The number of ether oxygens (including phenoxy) is 1. The van der Waals surface area contributed by atoms with Crippen LogP contribution in [0.5, 0.6) is 0 Å². The lowest BCUT2D eigenvalue weighted by atomic mass is 10.2. The van der Waals surface area contributed by atoms with Gasteiger partial charge in [-0.1, -0.05) is 0 Å². The minimum absolute atomic E-state index is 0.0474. The predicted octanol–water partition coefficient (Wildman–Crippen LogP) is 1.66. The highest BCUT2D eigenvalue weighted by Crippen LogP contribution is 2.20. The average molecular weight is 289 g/mol. The second-order valence-electron chi connectivity index (χ2n) is 4.31. The van der Waals surface area contributed by atoms with Gasteiger partial charge in [0.2, 0.25) is 0 Å². The third kappa shape index (κ3) is 2.87. The van der Waals surface area contributed by atoms with Gasteiger partial charge in [-0.15, -0.1) is 11.6 Å². The Labute approximate surface area is 114 Å². The van der Waals surface area contributed by atoms with E-state index >= 15 is 0 Å². The summed E-state index contributed by atoms with van der Waals surface area (Å²) in [6, 6.07) is 2.34. The molecule has 0 saturated carbocycles. The van der Waals surface area contributed by atoms with Gasteiger partial charge in [0, 0.05) is 6.54 Å². The Hall–Kier alpha value is -1.60. The Bertz CT molecular complexity index is 489. The maximum Gasteiger partial charge on any atom is 0.433 e. The summed E-state index contributed by atoms with van der Waals surface area (Å²) >= 11 is 5.71. The molecule has 1 saturated heterocycles. The molecule has 1 amide bonds. The Morgan fingerprint density at radius 2 is 2.37 bits per heavy atom. The van der Waals surface area contributed by atoms with Crippen LogP contribution in [-0.4, -0.2) is 46.9 Å². The molecule has 1 aromatic rings. The summed E-state index contributed by atoms with van der Waals surface area (Å²) in [6.45, 7) is 2.56. The van der Waals surface area contributed by atoms with E-state index in [0.29, 0.717) is 13.2 Å². The highest BCUT2D eigenvalue weighted by atomic mass is 35.5. The fourth-order valence-electron chi connectivity index (χ4n) is 1.88. The summed E-state index contributed by atoms with van der Waals surface area (Å²) in [6.07, 6.45) is -0.230. The number of nitro groups is 1. The molecule has 19 heavy (non-hydrogen) atoms. The maximum absolute atomic E-state index is 12.2. The molecule has 2 heterocycles. The highest BCUT2D eigenvalue weighted by Gasteiger charge is 2.32. The van der Waals surface area contributed by atoms with Crippen LogP contribution in [0, 0.1) is 10.1 Å². The molecule has 1 aromatic heterocycles. The Morgan fingerprint density at radius 1 is 1.63 bits per heavy atom. The smallest absolute Gasteiger partial charge is 0.395 e. The molecule has 1 aliphatic heterocycles. The molecule has 8 heteroatoms. The van der Waals surface area contributed by atoms with Crippen LogP contribution in [-0.2, 0) is 4.74 Å². The molecule has 0 bridgehead atoms. The topological polar surface area (TPSA) is 85.8 Å². The summed E-state index contributed by atoms with van der Waals surface area (Å²) in [5, 5.41) is 10.5. The largest absolute Gasteiger partial charge is 0.433 e. The molecule has 0 N–H and O–H groups in total. The van der Waals surface area contributed by atoms with Crippen molar-refractivity contribution >= 4 is 23.4 Å². The Balaban J connectivity index is 2.14. The van der Waals surface area contributed by atoms with Gasteiger partial charge in [0.15, 0.2) is 5.76 Å². The van der Waals surface area contributed by atoms with Crippen LogP contribution >= 0.6 is 11.6 Å². The summed E-state index contributed by atoms with van der Waals surface area (Å²) in [5.74, 6) is -0.597.